The lowest BCUT2D eigenvalue weighted by Gasteiger charge is -2.24. The molecule has 7 nitrogen and oxygen atoms in total. The van der Waals surface area contributed by atoms with Crippen LogP contribution in [-0.4, -0.2) is 39.4 Å². The largest absolute Gasteiger partial charge is 0.497 e. The number of halogens is 1. The molecule has 0 aliphatic heterocycles. The van der Waals surface area contributed by atoms with Crippen molar-refractivity contribution in [3.05, 3.63) is 81.9 Å². The van der Waals surface area contributed by atoms with Crippen LogP contribution in [0.25, 0.3) is 0 Å². The molecule has 35 heavy (non-hydrogen) atoms. The van der Waals surface area contributed by atoms with E-state index in [1.807, 2.05) is 19.1 Å². The van der Waals surface area contributed by atoms with Gasteiger partial charge in [0.1, 0.15) is 11.5 Å². The number of anilines is 1. The minimum atomic E-state index is -4.01. The van der Waals surface area contributed by atoms with E-state index in [9.17, 15) is 13.2 Å². The van der Waals surface area contributed by atoms with Gasteiger partial charge in [-0.3, -0.25) is 4.79 Å². The average molecular weight is 517 g/mol. The van der Waals surface area contributed by atoms with E-state index < -0.39 is 22.5 Å². The van der Waals surface area contributed by atoms with E-state index in [1.54, 1.807) is 56.3 Å². The highest BCUT2D eigenvalue weighted by Gasteiger charge is 2.30. The summed E-state index contributed by atoms with van der Waals surface area (Å²) < 4.78 is 39.4. The molecule has 0 radical (unpaired) electrons. The highest BCUT2D eigenvalue weighted by molar-refractivity contribution is 7.89. The molecule has 0 heterocycles. The van der Waals surface area contributed by atoms with Crippen LogP contribution in [0.1, 0.15) is 22.3 Å². The van der Waals surface area contributed by atoms with Crippen molar-refractivity contribution >= 4 is 33.2 Å². The van der Waals surface area contributed by atoms with Gasteiger partial charge < -0.3 is 14.8 Å². The normalized spacial score (nSPS) is 11.4. The zero-order chi connectivity index (χ0) is 25.8. The summed E-state index contributed by atoms with van der Waals surface area (Å²) in [6.07, 6.45) is 0. The molecule has 1 N–H and O–H groups in total. The molecule has 0 fully saturated rings. The Balaban J connectivity index is 1.96. The molecule has 1 amide bonds. The molecular weight excluding hydrogens is 488 g/mol. The molecule has 0 unspecified atom stereocenters. The second-order valence-electron chi connectivity index (χ2n) is 8.24. The summed E-state index contributed by atoms with van der Waals surface area (Å²) in [6.45, 7) is 5.04. The van der Waals surface area contributed by atoms with Gasteiger partial charge in [0, 0.05) is 17.6 Å². The number of amides is 1. The van der Waals surface area contributed by atoms with Crippen LogP contribution in [0.3, 0.4) is 0 Å². The molecule has 3 aromatic carbocycles. The Morgan fingerprint density at radius 2 is 1.57 bits per heavy atom. The van der Waals surface area contributed by atoms with Gasteiger partial charge in [-0.05, 0) is 61.7 Å². The molecule has 186 valence electrons. The lowest BCUT2D eigenvalue weighted by molar-refractivity contribution is -0.116. The number of sulfonamides is 1. The molecular formula is C26H29ClN2O5S. The SMILES string of the molecule is COc1ccc(NC(=O)CN(Cc2ccc(Cl)cc2)S(=O)(=O)c2c(C)cc(C)cc2C)c(OC)c1. The van der Waals surface area contributed by atoms with E-state index in [0.717, 1.165) is 5.56 Å². The number of nitrogens with zero attached hydrogens (tertiary/aromatic N) is 1. The summed E-state index contributed by atoms with van der Waals surface area (Å²) >= 11 is 6.00. The third kappa shape index (κ3) is 6.33. The first-order chi connectivity index (χ1) is 16.5. The summed E-state index contributed by atoms with van der Waals surface area (Å²) in [4.78, 5) is 13.3. The van der Waals surface area contributed by atoms with Crippen molar-refractivity contribution in [1.29, 1.82) is 0 Å². The van der Waals surface area contributed by atoms with Crippen molar-refractivity contribution in [2.45, 2.75) is 32.2 Å². The molecule has 9 heteroatoms. The van der Waals surface area contributed by atoms with Crippen molar-refractivity contribution in [3.63, 3.8) is 0 Å². The zero-order valence-electron chi connectivity index (χ0n) is 20.4. The Labute approximate surface area is 211 Å². The van der Waals surface area contributed by atoms with Crippen molar-refractivity contribution in [3.8, 4) is 11.5 Å². The standard InChI is InChI=1S/C26H29ClN2O5S/c1-17-12-18(2)26(19(3)13-17)35(31,32)29(15-20-6-8-21(27)9-7-20)16-25(30)28-23-11-10-22(33-4)14-24(23)34-5/h6-14H,15-16H2,1-5H3,(H,28,30). The first-order valence-electron chi connectivity index (χ1n) is 10.9. The smallest absolute Gasteiger partial charge is 0.244 e. The lowest BCUT2D eigenvalue weighted by atomic mass is 10.1. The van der Waals surface area contributed by atoms with Crippen LogP contribution in [0.4, 0.5) is 5.69 Å². The van der Waals surface area contributed by atoms with Crippen molar-refractivity contribution in [1.82, 2.24) is 4.31 Å². The van der Waals surface area contributed by atoms with Gasteiger partial charge in [-0.25, -0.2) is 8.42 Å². The number of hydrogen-bond donors (Lipinski definition) is 1. The number of hydrogen-bond acceptors (Lipinski definition) is 5. The van der Waals surface area contributed by atoms with Gasteiger partial charge in [0.05, 0.1) is 31.3 Å². The molecule has 0 spiro atoms. The van der Waals surface area contributed by atoms with Crippen LogP contribution in [0.2, 0.25) is 5.02 Å². The van der Waals surface area contributed by atoms with Gasteiger partial charge in [0.2, 0.25) is 15.9 Å². The molecule has 0 aromatic heterocycles. The summed E-state index contributed by atoms with van der Waals surface area (Å²) in [5.41, 5.74) is 3.33. The fourth-order valence-corrected chi connectivity index (χ4v) is 5.90. The maximum absolute atomic E-state index is 13.8. The molecule has 0 atom stereocenters. The fraction of sp³-hybridized carbons (Fsp3) is 0.269. The second kappa shape index (κ2) is 11.1. The van der Waals surface area contributed by atoms with E-state index >= 15 is 0 Å². The highest BCUT2D eigenvalue weighted by atomic mass is 35.5. The fourth-order valence-electron chi connectivity index (χ4n) is 3.97. The van der Waals surface area contributed by atoms with Crippen LogP contribution in [0, 0.1) is 20.8 Å². The summed E-state index contributed by atoms with van der Waals surface area (Å²) in [7, 11) is -1.01. The van der Waals surface area contributed by atoms with Gasteiger partial charge in [0.15, 0.2) is 0 Å². The number of benzene rings is 3. The molecule has 0 aliphatic carbocycles. The second-order valence-corrected chi connectivity index (χ2v) is 10.6. The van der Waals surface area contributed by atoms with Crippen LogP contribution < -0.4 is 14.8 Å². The van der Waals surface area contributed by atoms with Gasteiger partial charge in [-0.2, -0.15) is 4.31 Å². The van der Waals surface area contributed by atoms with E-state index in [0.29, 0.717) is 38.9 Å². The van der Waals surface area contributed by atoms with Gasteiger partial charge in [0.25, 0.3) is 0 Å². The first-order valence-corrected chi connectivity index (χ1v) is 12.7. The van der Waals surface area contributed by atoms with E-state index in [-0.39, 0.29) is 11.4 Å². The lowest BCUT2D eigenvalue weighted by Crippen LogP contribution is -2.38. The minimum Gasteiger partial charge on any atom is -0.497 e. The number of methoxy groups -OCH3 is 2. The predicted octanol–water partition coefficient (Wildman–Crippen LogP) is 5.11. The maximum Gasteiger partial charge on any atom is 0.244 e. The number of carbonyl (C=O) groups is 1. The molecule has 0 saturated carbocycles. The Hall–Kier alpha value is -3.07. The highest BCUT2D eigenvalue weighted by Crippen LogP contribution is 2.30. The predicted molar refractivity (Wildman–Crippen MR) is 138 cm³/mol. The Morgan fingerprint density at radius 1 is 0.943 bits per heavy atom. The number of nitrogens with one attached hydrogen (secondary N) is 1. The maximum atomic E-state index is 13.8. The molecule has 0 bridgehead atoms. The van der Waals surface area contributed by atoms with Gasteiger partial charge in [-0.1, -0.05) is 41.4 Å². The van der Waals surface area contributed by atoms with Crippen LogP contribution in [-0.2, 0) is 21.4 Å². The third-order valence-electron chi connectivity index (χ3n) is 5.48. The Morgan fingerprint density at radius 3 is 2.14 bits per heavy atom. The van der Waals surface area contributed by atoms with E-state index in [2.05, 4.69) is 5.32 Å². The quantitative estimate of drug-likeness (QED) is 0.427. The van der Waals surface area contributed by atoms with Crippen LogP contribution >= 0.6 is 11.6 Å². The van der Waals surface area contributed by atoms with Crippen molar-refractivity contribution in [2.24, 2.45) is 0 Å². The number of ether oxygens (including phenoxy) is 2. The topological polar surface area (TPSA) is 84.9 Å². The number of rotatable bonds is 9. The Kier molecular flexibility index (Phi) is 8.43. The minimum absolute atomic E-state index is 0.000569. The molecule has 3 aromatic rings. The third-order valence-corrected chi connectivity index (χ3v) is 7.83. The van der Waals surface area contributed by atoms with E-state index in [1.165, 1.54) is 18.5 Å². The van der Waals surface area contributed by atoms with Crippen molar-refractivity contribution in [2.75, 3.05) is 26.1 Å². The van der Waals surface area contributed by atoms with Crippen molar-refractivity contribution < 1.29 is 22.7 Å². The zero-order valence-corrected chi connectivity index (χ0v) is 22.0. The van der Waals surface area contributed by atoms with Gasteiger partial charge >= 0.3 is 0 Å². The van der Waals surface area contributed by atoms with E-state index in [4.69, 9.17) is 21.1 Å². The first kappa shape index (κ1) is 26.5. The summed E-state index contributed by atoms with van der Waals surface area (Å²) in [6, 6.07) is 15.5. The van der Waals surface area contributed by atoms with Crippen LogP contribution in [0.15, 0.2) is 59.5 Å². The average Bonchev–Trinajstić information content (AvgIpc) is 2.79. The molecule has 0 saturated heterocycles. The summed E-state index contributed by atoms with van der Waals surface area (Å²) in [5.74, 6) is 0.459. The summed E-state index contributed by atoms with van der Waals surface area (Å²) in [5, 5.41) is 3.29. The molecule has 3 rings (SSSR count). The van der Waals surface area contributed by atoms with Gasteiger partial charge in [-0.15, -0.1) is 0 Å². The number of carbonyl (C=O) groups excluding carboxylic acids is 1. The molecule has 0 aliphatic rings. The van der Waals surface area contributed by atoms with Crippen LogP contribution in [0.5, 0.6) is 11.5 Å². The Bertz CT molecular complexity index is 1300. The number of aryl methyl sites for hydroxylation is 3. The monoisotopic (exact) mass is 516 g/mol.